The first-order valence-corrected chi connectivity index (χ1v) is 12.7. The highest BCUT2D eigenvalue weighted by molar-refractivity contribution is 7.89. The second-order valence-electron chi connectivity index (χ2n) is 7.72. The van der Waals surface area contributed by atoms with Gasteiger partial charge in [-0.2, -0.15) is 4.72 Å². The standard InChI is InChI=1S/C27H23ClN2O4S/c28-21-15-17-23(18-16-21)35(32,33)30-25(19-20-9-3-1-4-10-20)27(31)29-24-13-7-8-14-26(24)34-22-11-5-2-6-12-22/h1-18,25,30H,19H2,(H,29,31)/t25-/m1/s1. The van der Waals surface area contributed by atoms with Gasteiger partial charge in [-0.3, -0.25) is 4.79 Å². The van der Waals surface area contributed by atoms with Crippen LogP contribution < -0.4 is 14.8 Å². The molecule has 4 aromatic rings. The van der Waals surface area contributed by atoms with Crippen LogP contribution in [0.2, 0.25) is 5.02 Å². The number of halogens is 1. The molecule has 0 aromatic heterocycles. The lowest BCUT2D eigenvalue weighted by Gasteiger charge is -2.20. The van der Waals surface area contributed by atoms with E-state index in [-0.39, 0.29) is 11.3 Å². The number of sulfonamides is 1. The Hall–Kier alpha value is -3.65. The molecule has 0 bridgehead atoms. The molecule has 0 radical (unpaired) electrons. The van der Waals surface area contributed by atoms with Gasteiger partial charge in [-0.1, -0.05) is 72.3 Å². The first-order chi connectivity index (χ1) is 16.9. The summed E-state index contributed by atoms with van der Waals surface area (Å²) in [5.74, 6) is 0.528. The SMILES string of the molecule is O=C(Nc1ccccc1Oc1ccccc1)[C@@H](Cc1ccccc1)NS(=O)(=O)c1ccc(Cl)cc1. The third kappa shape index (κ3) is 6.70. The molecule has 0 unspecified atom stereocenters. The number of nitrogens with one attached hydrogen (secondary N) is 2. The molecule has 0 heterocycles. The number of hydrogen-bond donors (Lipinski definition) is 2. The van der Waals surface area contributed by atoms with Crippen molar-refractivity contribution in [3.63, 3.8) is 0 Å². The van der Waals surface area contributed by atoms with E-state index in [2.05, 4.69) is 10.0 Å². The van der Waals surface area contributed by atoms with E-state index in [1.807, 2.05) is 48.5 Å². The zero-order chi connectivity index (χ0) is 24.7. The maximum atomic E-state index is 13.4. The fraction of sp³-hybridized carbons (Fsp3) is 0.0741. The number of carbonyl (C=O) groups excluding carboxylic acids is 1. The highest BCUT2D eigenvalue weighted by Crippen LogP contribution is 2.29. The van der Waals surface area contributed by atoms with Crippen molar-refractivity contribution in [2.75, 3.05) is 5.32 Å². The van der Waals surface area contributed by atoms with E-state index in [4.69, 9.17) is 16.3 Å². The fourth-order valence-electron chi connectivity index (χ4n) is 3.40. The van der Waals surface area contributed by atoms with Crippen molar-refractivity contribution < 1.29 is 17.9 Å². The van der Waals surface area contributed by atoms with E-state index >= 15 is 0 Å². The van der Waals surface area contributed by atoms with Gasteiger partial charge in [0.1, 0.15) is 11.8 Å². The number of amides is 1. The number of benzene rings is 4. The van der Waals surface area contributed by atoms with Crippen LogP contribution in [-0.2, 0) is 21.2 Å². The first-order valence-electron chi connectivity index (χ1n) is 10.9. The molecule has 1 atom stereocenters. The van der Waals surface area contributed by atoms with Crippen LogP contribution in [0.25, 0.3) is 0 Å². The highest BCUT2D eigenvalue weighted by Gasteiger charge is 2.27. The van der Waals surface area contributed by atoms with E-state index in [0.717, 1.165) is 5.56 Å². The van der Waals surface area contributed by atoms with Gasteiger partial charge in [0, 0.05) is 5.02 Å². The van der Waals surface area contributed by atoms with E-state index in [9.17, 15) is 13.2 Å². The Morgan fingerprint density at radius 3 is 2.09 bits per heavy atom. The van der Waals surface area contributed by atoms with Gasteiger partial charge in [0.15, 0.2) is 5.75 Å². The molecule has 0 fully saturated rings. The van der Waals surface area contributed by atoms with E-state index < -0.39 is 22.0 Å². The summed E-state index contributed by atoms with van der Waals surface area (Å²) in [4.78, 5) is 13.4. The molecule has 4 aromatic carbocycles. The maximum absolute atomic E-state index is 13.4. The molecule has 0 spiro atoms. The third-order valence-electron chi connectivity index (χ3n) is 5.14. The maximum Gasteiger partial charge on any atom is 0.243 e. The fourth-order valence-corrected chi connectivity index (χ4v) is 4.72. The monoisotopic (exact) mass is 506 g/mol. The van der Waals surface area contributed by atoms with Crippen molar-refractivity contribution in [3.05, 3.63) is 120 Å². The van der Waals surface area contributed by atoms with Crippen LogP contribution in [0.1, 0.15) is 5.56 Å². The van der Waals surface area contributed by atoms with Crippen LogP contribution >= 0.6 is 11.6 Å². The summed E-state index contributed by atoms with van der Waals surface area (Å²) in [5, 5.41) is 3.24. The predicted octanol–water partition coefficient (Wildman–Crippen LogP) is 5.66. The van der Waals surface area contributed by atoms with Crippen LogP contribution in [0.15, 0.2) is 114 Å². The second kappa shape index (κ2) is 11.2. The summed E-state index contributed by atoms with van der Waals surface area (Å²) >= 11 is 5.90. The van der Waals surface area contributed by atoms with Gasteiger partial charge in [-0.15, -0.1) is 0 Å². The molecule has 0 aliphatic heterocycles. The Labute approximate surface area is 209 Å². The number of rotatable bonds is 9. The summed E-state index contributed by atoms with van der Waals surface area (Å²) in [6, 6.07) is 30.0. The summed E-state index contributed by atoms with van der Waals surface area (Å²) in [6.07, 6.45) is 0.154. The molecule has 0 saturated heterocycles. The quantitative estimate of drug-likeness (QED) is 0.307. The lowest BCUT2D eigenvalue weighted by atomic mass is 10.1. The minimum Gasteiger partial charge on any atom is -0.455 e. The summed E-state index contributed by atoms with van der Waals surface area (Å²) < 4.78 is 34.6. The molecular weight excluding hydrogens is 484 g/mol. The molecule has 2 N–H and O–H groups in total. The Morgan fingerprint density at radius 1 is 0.800 bits per heavy atom. The van der Waals surface area contributed by atoms with Gasteiger partial charge in [-0.05, 0) is 60.5 Å². The van der Waals surface area contributed by atoms with E-state index in [0.29, 0.717) is 22.2 Å². The number of anilines is 1. The molecule has 4 rings (SSSR count). The van der Waals surface area contributed by atoms with Gasteiger partial charge in [0.05, 0.1) is 10.6 Å². The number of carbonyl (C=O) groups is 1. The van der Waals surface area contributed by atoms with Gasteiger partial charge >= 0.3 is 0 Å². The van der Waals surface area contributed by atoms with Crippen molar-refractivity contribution in [2.45, 2.75) is 17.4 Å². The molecular formula is C27H23ClN2O4S. The van der Waals surface area contributed by atoms with Crippen molar-refractivity contribution in [1.29, 1.82) is 0 Å². The average molecular weight is 507 g/mol. The predicted molar refractivity (Wildman–Crippen MR) is 137 cm³/mol. The zero-order valence-electron chi connectivity index (χ0n) is 18.6. The highest BCUT2D eigenvalue weighted by atomic mass is 35.5. The van der Waals surface area contributed by atoms with Gasteiger partial charge < -0.3 is 10.1 Å². The lowest BCUT2D eigenvalue weighted by Crippen LogP contribution is -2.45. The molecule has 1 amide bonds. The minimum atomic E-state index is -3.99. The first kappa shape index (κ1) is 24.5. The largest absolute Gasteiger partial charge is 0.455 e. The van der Waals surface area contributed by atoms with Crippen LogP contribution in [0.3, 0.4) is 0 Å². The lowest BCUT2D eigenvalue weighted by molar-refractivity contribution is -0.117. The Balaban J connectivity index is 1.59. The normalized spacial score (nSPS) is 12.0. The zero-order valence-corrected chi connectivity index (χ0v) is 20.2. The summed E-state index contributed by atoms with van der Waals surface area (Å²) in [5.41, 5.74) is 1.23. The number of ether oxygens (including phenoxy) is 1. The smallest absolute Gasteiger partial charge is 0.243 e. The van der Waals surface area contributed by atoms with Crippen molar-refractivity contribution in [2.24, 2.45) is 0 Å². The number of para-hydroxylation sites is 3. The number of hydrogen-bond acceptors (Lipinski definition) is 4. The third-order valence-corrected chi connectivity index (χ3v) is 6.88. The second-order valence-corrected chi connectivity index (χ2v) is 9.87. The molecule has 8 heteroatoms. The van der Waals surface area contributed by atoms with Crippen LogP contribution in [-0.4, -0.2) is 20.4 Å². The van der Waals surface area contributed by atoms with Crippen molar-refractivity contribution in [3.8, 4) is 11.5 Å². The Bertz CT molecular complexity index is 1380. The van der Waals surface area contributed by atoms with E-state index in [1.54, 1.807) is 36.4 Å². The molecule has 0 aliphatic carbocycles. The van der Waals surface area contributed by atoms with E-state index in [1.165, 1.54) is 24.3 Å². The topological polar surface area (TPSA) is 84.5 Å². The van der Waals surface area contributed by atoms with Crippen molar-refractivity contribution in [1.82, 2.24) is 4.72 Å². The Morgan fingerprint density at radius 2 is 1.40 bits per heavy atom. The van der Waals surface area contributed by atoms with Gasteiger partial charge in [0.25, 0.3) is 0 Å². The molecule has 0 saturated carbocycles. The molecule has 0 aliphatic rings. The Kier molecular flexibility index (Phi) is 7.82. The average Bonchev–Trinajstić information content (AvgIpc) is 2.86. The van der Waals surface area contributed by atoms with Gasteiger partial charge in [0.2, 0.25) is 15.9 Å². The van der Waals surface area contributed by atoms with Crippen LogP contribution in [0.5, 0.6) is 11.5 Å². The molecule has 6 nitrogen and oxygen atoms in total. The molecule has 178 valence electrons. The van der Waals surface area contributed by atoms with Gasteiger partial charge in [-0.25, -0.2) is 8.42 Å². The van der Waals surface area contributed by atoms with Crippen LogP contribution in [0, 0.1) is 0 Å². The minimum absolute atomic E-state index is 0.0144. The summed E-state index contributed by atoms with van der Waals surface area (Å²) in [6.45, 7) is 0. The van der Waals surface area contributed by atoms with Crippen molar-refractivity contribution >= 4 is 33.2 Å². The summed E-state index contributed by atoms with van der Waals surface area (Å²) in [7, 11) is -3.99. The van der Waals surface area contributed by atoms with Crippen LogP contribution in [0.4, 0.5) is 5.69 Å². The molecule has 35 heavy (non-hydrogen) atoms.